The van der Waals surface area contributed by atoms with E-state index in [1.807, 2.05) is 0 Å². The summed E-state index contributed by atoms with van der Waals surface area (Å²) in [5.41, 5.74) is 6.55. The Bertz CT molecular complexity index is 472. The van der Waals surface area contributed by atoms with Gasteiger partial charge in [0.2, 0.25) is 0 Å². The number of nitrogens with zero attached hydrogens (tertiary/aromatic N) is 1. The number of hydrogen-bond acceptors (Lipinski definition) is 5. The number of carbonyl (C=O) groups is 1. The minimum absolute atomic E-state index is 0.329. The molecule has 0 aromatic heterocycles. The van der Waals surface area contributed by atoms with Gasteiger partial charge in [-0.15, -0.1) is 0 Å². The average Bonchev–Trinajstić information content (AvgIpc) is 3.25. The summed E-state index contributed by atoms with van der Waals surface area (Å²) < 4.78 is 10.6. The Labute approximate surface area is 119 Å². The van der Waals surface area contributed by atoms with Crippen LogP contribution in [0.1, 0.15) is 30.1 Å². The lowest BCUT2D eigenvalue weighted by Gasteiger charge is -2.16. The van der Waals surface area contributed by atoms with E-state index in [1.54, 1.807) is 25.1 Å². The maximum Gasteiger partial charge on any atom is 0.340 e. The summed E-state index contributed by atoms with van der Waals surface area (Å²) in [5, 5.41) is 0. The monoisotopic (exact) mass is 278 g/mol. The molecule has 2 N–H and O–H groups in total. The standard InChI is InChI=1S/C15H22N2O3/c1-3-19-15(18)13-10-12(6-7-14(13)16)20-9-8-17(2)11-4-5-11/h6-7,10-11H,3-5,8-9,16H2,1-2H3. The van der Waals surface area contributed by atoms with Gasteiger partial charge in [-0.05, 0) is 45.0 Å². The molecule has 0 spiro atoms. The van der Waals surface area contributed by atoms with E-state index in [0.717, 1.165) is 12.6 Å². The molecule has 0 saturated heterocycles. The van der Waals surface area contributed by atoms with Gasteiger partial charge in [-0.3, -0.25) is 0 Å². The number of carbonyl (C=O) groups excluding carboxylic acids is 1. The van der Waals surface area contributed by atoms with Crippen molar-refractivity contribution in [3.63, 3.8) is 0 Å². The summed E-state index contributed by atoms with van der Waals surface area (Å²) in [6.45, 7) is 3.57. The zero-order valence-corrected chi connectivity index (χ0v) is 12.1. The fourth-order valence-electron chi connectivity index (χ4n) is 2.02. The van der Waals surface area contributed by atoms with E-state index in [4.69, 9.17) is 15.2 Å². The number of benzene rings is 1. The van der Waals surface area contributed by atoms with Gasteiger partial charge < -0.3 is 20.1 Å². The van der Waals surface area contributed by atoms with Crippen molar-refractivity contribution in [2.45, 2.75) is 25.8 Å². The molecule has 2 rings (SSSR count). The Hall–Kier alpha value is -1.75. The topological polar surface area (TPSA) is 64.8 Å². The molecule has 1 aliphatic carbocycles. The second kappa shape index (κ2) is 6.61. The normalized spacial score (nSPS) is 14.3. The Morgan fingerprint density at radius 3 is 2.85 bits per heavy atom. The third kappa shape index (κ3) is 3.87. The summed E-state index contributed by atoms with van der Waals surface area (Å²) in [6, 6.07) is 5.81. The predicted octanol–water partition coefficient (Wildman–Crippen LogP) is 1.92. The molecular weight excluding hydrogens is 256 g/mol. The van der Waals surface area contributed by atoms with E-state index in [0.29, 0.717) is 30.2 Å². The van der Waals surface area contributed by atoms with Gasteiger partial charge in [-0.25, -0.2) is 4.79 Å². The van der Waals surface area contributed by atoms with Crippen LogP contribution < -0.4 is 10.5 Å². The number of nitrogen functional groups attached to an aromatic ring is 1. The van der Waals surface area contributed by atoms with Gasteiger partial charge in [0, 0.05) is 18.3 Å². The van der Waals surface area contributed by atoms with Crippen molar-refractivity contribution in [3.8, 4) is 5.75 Å². The van der Waals surface area contributed by atoms with Gasteiger partial charge in [0.1, 0.15) is 12.4 Å². The summed E-state index contributed by atoms with van der Waals surface area (Å²) in [4.78, 5) is 14.0. The Balaban J connectivity index is 1.90. The number of hydrogen-bond donors (Lipinski definition) is 1. The second-order valence-electron chi connectivity index (χ2n) is 5.03. The van der Waals surface area contributed by atoms with E-state index in [9.17, 15) is 4.79 Å². The van der Waals surface area contributed by atoms with E-state index in [1.165, 1.54) is 12.8 Å². The number of anilines is 1. The predicted molar refractivity (Wildman–Crippen MR) is 78.0 cm³/mol. The van der Waals surface area contributed by atoms with Gasteiger partial charge in [0.15, 0.2) is 0 Å². The van der Waals surface area contributed by atoms with E-state index in [2.05, 4.69) is 11.9 Å². The van der Waals surface area contributed by atoms with Crippen molar-refractivity contribution in [3.05, 3.63) is 23.8 Å². The van der Waals surface area contributed by atoms with Crippen molar-refractivity contribution in [1.29, 1.82) is 0 Å². The molecule has 1 aromatic carbocycles. The van der Waals surface area contributed by atoms with Crippen LogP contribution in [0.5, 0.6) is 5.75 Å². The van der Waals surface area contributed by atoms with E-state index < -0.39 is 5.97 Å². The lowest BCUT2D eigenvalue weighted by molar-refractivity contribution is 0.0527. The van der Waals surface area contributed by atoms with Crippen LogP contribution in [0.25, 0.3) is 0 Å². The number of likely N-dealkylation sites (N-methyl/N-ethyl adjacent to an activating group) is 1. The van der Waals surface area contributed by atoms with Gasteiger partial charge >= 0.3 is 5.97 Å². The van der Waals surface area contributed by atoms with Gasteiger partial charge in [-0.2, -0.15) is 0 Å². The molecule has 0 atom stereocenters. The van der Waals surface area contributed by atoms with Crippen LogP contribution in [0.2, 0.25) is 0 Å². The van der Waals surface area contributed by atoms with E-state index in [-0.39, 0.29) is 0 Å². The smallest absolute Gasteiger partial charge is 0.340 e. The van der Waals surface area contributed by atoms with E-state index >= 15 is 0 Å². The summed E-state index contributed by atoms with van der Waals surface area (Å²) in [6.07, 6.45) is 2.57. The first-order chi connectivity index (χ1) is 9.61. The number of ether oxygens (including phenoxy) is 2. The van der Waals surface area contributed by atoms with Crippen LogP contribution in [0, 0.1) is 0 Å². The fourth-order valence-corrected chi connectivity index (χ4v) is 2.02. The van der Waals surface area contributed by atoms with Gasteiger partial charge in [-0.1, -0.05) is 0 Å². The third-order valence-corrected chi connectivity index (χ3v) is 3.40. The van der Waals surface area contributed by atoms with Crippen molar-refractivity contribution in [2.24, 2.45) is 0 Å². The van der Waals surface area contributed by atoms with Crippen LogP contribution in [0.15, 0.2) is 18.2 Å². The molecule has 0 aliphatic heterocycles. The number of nitrogens with two attached hydrogens (primary N) is 1. The van der Waals surface area contributed by atoms with Gasteiger partial charge in [0.25, 0.3) is 0 Å². The van der Waals surface area contributed by atoms with Crippen LogP contribution in [0.3, 0.4) is 0 Å². The lowest BCUT2D eigenvalue weighted by Crippen LogP contribution is -2.26. The van der Waals surface area contributed by atoms with Crippen LogP contribution in [-0.2, 0) is 4.74 Å². The molecule has 1 fully saturated rings. The zero-order chi connectivity index (χ0) is 14.5. The SMILES string of the molecule is CCOC(=O)c1cc(OCCN(C)C2CC2)ccc1N. The molecule has 1 aromatic rings. The highest BCUT2D eigenvalue weighted by Gasteiger charge is 2.25. The molecule has 0 amide bonds. The highest BCUT2D eigenvalue weighted by atomic mass is 16.5. The summed E-state index contributed by atoms with van der Waals surface area (Å²) in [7, 11) is 2.11. The first-order valence-corrected chi connectivity index (χ1v) is 7.01. The lowest BCUT2D eigenvalue weighted by atomic mass is 10.2. The molecule has 110 valence electrons. The molecule has 0 radical (unpaired) electrons. The molecule has 0 heterocycles. The molecule has 0 unspecified atom stereocenters. The highest BCUT2D eigenvalue weighted by molar-refractivity contribution is 5.95. The summed E-state index contributed by atoms with van der Waals surface area (Å²) in [5.74, 6) is 0.233. The maximum atomic E-state index is 11.7. The molecule has 1 saturated carbocycles. The van der Waals surface area contributed by atoms with Gasteiger partial charge in [0.05, 0.1) is 12.2 Å². The first kappa shape index (κ1) is 14.7. The van der Waals surface area contributed by atoms with Crippen LogP contribution >= 0.6 is 0 Å². The minimum atomic E-state index is -0.412. The van der Waals surface area contributed by atoms with Crippen molar-refractivity contribution < 1.29 is 14.3 Å². The Morgan fingerprint density at radius 1 is 1.45 bits per heavy atom. The molecule has 20 heavy (non-hydrogen) atoms. The zero-order valence-electron chi connectivity index (χ0n) is 12.1. The van der Waals surface area contributed by atoms with Crippen LogP contribution in [-0.4, -0.2) is 43.7 Å². The Morgan fingerprint density at radius 2 is 2.20 bits per heavy atom. The second-order valence-corrected chi connectivity index (χ2v) is 5.03. The quantitative estimate of drug-likeness (QED) is 0.610. The largest absolute Gasteiger partial charge is 0.492 e. The molecular formula is C15H22N2O3. The fraction of sp³-hybridized carbons (Fsp3) is 0.533. The minimum Gasteiger partial charge on any atom is -0.492 e. The van der Waals surface area contributed by atoms with Crippen molar-refractivity contribution in [2.75, 3.05) is 32.5 Å². The Kier molecular flexibility index (Phi) is 4.84. The summed E-state index contributed by atoms with van der Waals surface area (Å²) >= 11 is 0. The molecule has 1 aliphatic rings. The highest BCUT2D eigenvalue weighted by Crippen LogP contribution is 2.25. The molecule has 5 heteroatoms. The number of rotatable bonds is 7. The molecule has 0 bridgehead atoms. The maximum absolute atomic E-state index is 11.7. The molecule has 5 nitrogen and oxygen atoms in total. The van der Waals surface area contributed by atoms with Crippen molar-refractivity contribution >= 4 is 11.7 Å². The third-order valence-electron chi connectivity index (χ3n) is 3.40. The average molecular weight is 278 g/mol. The van der Waals surface area contributed by atoms with Crippen LogP contribution in [0.4, 0.5) is 5.69 Å². The number of esters is 1. The van der Waals surface area contributed by atoms with Crippen molar-refractivity contribution in [1.82, 2.24) is 4.90 Å². The first-order valence-electron chi connectivity index (χ1n) is 7.01.